The van der Waals surface area contributed by atoms with Crippen LogP contribution in [0.3, 0.4) is 0 Å². The van der Waals surface area contributed by atoms with Crippen molar-refractivity contribution in [2.45, 2.75) is 168 Å². The molecule has 0 spiro atoms. The molecule has 0 radical (unpaired) electrons. The Morgan fingerprint density at radius 1 is 0.448 bits per heavy atom. The van der Waals surface area contributed by atoms with E-state index in [0.717, 1.165) is 23.0 Å². The highest BCUT2D eigenvalue weighted by Gasteiger charge is 2.05. The molecule has 0 saturated heterocycles. The van der Waals surface area contributed by atoms with Gasteiger partial charge in [-0.2, -0.15) is 11.8 Å². The third kappa shape index (κ3) is 95.6. The number of rotatable bonds is 6. The van der Waals surface area contributed by atoms with Gasteiger partial charge in [-0.1, -0.05) is 156 Å². The van der Waals surface area contributed by atoms with Gasteiger partial charge in [0.1, 0.15) is 0 Å². The van der Waals surface area contributed by atoms with Gasteiger partial charge in [0.05, 0.1) is 0 Å². The summed E-state index contributed by atoms with van der Waals surface area (Å²) in [5.41, 5.74) is 0. The second-order valence-electron chi connectivity index (χ2n) is 6.03. The molecule has 0 bridgehead atoms. The molecule has 0 aromatic rings. The molecular weight excluding hydrogens is 368 g/mol. The van der Waals surface area contributed by atoms with Gasteiger partial charge in [0, 0.05) is 5.25 Å². The van der Waals surface area contributed by atoms with E-state index in [-0.39, 0.29) is 74.3 Å². The number of thioether (sulfide) groups is 1. The molecule has 1 heteroatoms. The standard InChI is InChI=1S/C8H18.C5H12S.C5H12.10CH4/c1-5-7(3)8(4)6-2;1-4-5(2)6-3;1-4-5(2)3;;;;;;;;;;/h7-8H,5-6H2,1-4H3;5H,4H2,1-3H3;5H,4H2,1-3H3;10*1H4. The highest BCUT2D eigenvalue weighted by Crippen LogP contribution is 2.16. The Hall–Kier alpha value is 0.350. The van der Waals surface area contributed by atoms with Crippen LogP contribution in [-0.2, 0) is 0 Å². The first kappa shape index (κ1) is 88.2. The molecule has 0 aromatic carbocycles. The zero-order valence-electron chi connectivity index (χ0n) is 15.5. The molecule has 200 valence electrons. The lowest BCUT2D eigenvalue weighted by Crippen LogP contribution is -2.04. The van der Waals surface area contributed by atoms with E-state index in [0.29, 0.717) is 0 Å². The first-order chi connectivity index (χ1) is 8.80. The van der Waals surface area contributed by atoms with Gasteiger partial charge in [0.25, 0.3) is 0 Å². The van der Waals surface area contributed by atoms with Gasteiger partial charge in [-0.3, -0.25) is 0 Å². The molecule has 0 fully saturated rings. The lowest BCUT2D eigenvalue weighted by molar-refractivity contribution is 0.367. The summed E-state index contributed by atoms with van der Waals surface area (Å²) in [5, 5.41) is 0.852. The van der Waals surface area contributed by atoms with Crippen LogP contribution in [0.2, 0.25) is 0 Å². The van der Waals surface area contributed by atoms with Crippen LogP contribution in [-0.4, -0.2) is 11.5 Å². The maximum atomic E-state index is 2.33. The van der Waals surface area contributed by atoms with Crippen molar-refractivity contribution in [1.82, 2.24) is 0 Å². The zero-order chi connectivity index (χ0) is 15.8. The number of hydrogen-bond acceptors (Lipinski definition) is 1. The predicted molar refractivity (Wildman–Crippen MR) is 165 cm³/mol. The lowest BCUT2D eigenvalue weighted by Gasteiger charge is -2.14. The van der Waals surface area contributed by atoms with Crippen molar-refractivity contribution in [3.05, 3.63) is 0 Å². The van der Waals surface area contributed by atoms with Crippen molar-refractivity contribution < 1.29 is 0 Å². The largest absolute Gasteiger partial charge is 0.162 e. The first-order valence-corrected chi connectivity index (χ1v) is 9.61. The summed E-state index contributed by atoms with van der Waals surface area (Å²) in [7, 11) is 0. The first-order valence-electron chi connectivity index (χ1n) is 8.33. The molecule has 29 heavy (non-hydrogen) atoms. The monoisotopic (exact) mass is 451 g/mol. The Kier molecular flexibility index (Phi) is 214. The minimum atomic E-state index is 0. The van der Waals surface area contributed by atoms with Crippen molar-refractivity contribution in [3.8, 4) is 0 Å². The van der Waals surface area contributed by atoms with Gasteiger partial charge in [-0.05, 0) is 30.4 Å². The van der Waals surface area contributed by atoms with E-state index in [2.05, 4.69) is 68.6 Å². The van der Waals surface area contributed by atoms with Gasteiger partial charge in [0.15, 0.2) is 0 Å². The van der Waals surface area contributed by atoms with E-state index < -0.39 is 0 Å². The third-order valence-corrected chi connectivity index (χ3v) is 5.19. The fraction of sp³-hybridized carbons (Fsp3) is 1.00. The molecule has 0 aliphatic heterocycles. The Morgan fingerprint density at radius 3 is 0.690 bits per heavy atom. The summed E-state index contributed by atoms with van der Waals surface area (Å²) in [4.78, 5) is 0. The van der Waals surface area contributed by atoms with Gasteiger partial charge >= 0.3 is 0 Å². The molecule has 0 aliphatic rings. The van der Waals surface area contributed by atoms with Crippen molar-refractivity contribution in [2.24, 2.45) is 17.8 Å². The van der Waals surface area contributed by atoms with Crippen molar-refractivity contribution >= 4 is 11.8 Å². The van der Waals surface area contributed by atoms with Crippen molar-refractivity contribution in [2.75, 3.05) is 6.26 Å². The van der Waals surface area contributed by atoms with Crippen molar-refractivity contribution in [1.29, 1.82) is 0 Å². The molecule has 0 aliphatic carbocycles. The third-order valence-electron chi connectivity index (χ3n) is 4.05. The smallest absolute Gasteiger partial charge is 0.00133 e. The van der Waals surface area contributed by atoms with E-state index >= 15 is 0 Å². The Bertz CT molecular complexity index is 131. The SMILES string of the molecule is C.C.C.C.C.C.C.C.C.C.CCC(C)C.CCC(C)C(C)CC.CCC(C)SC. The van der Waals surface area contributed by atoms with Crippen LogP contribution in [0.1, 0.15) is 162 Å². The summed E-state index contributed by atoms with van der Waals surface area (Å²) < 4.78 is 0. The highest BCUT2D eigenvalue weighted by atomic mass is 32.2. The zero-order valence-corrected chi connectivity index (χ0v) is 16.4. The normalized spacial score (nSPS) is 9.62. The van der Waals surface area contributed by atoms with Crippen LogP contribution in [0.5, 0.6) is 0 Å². The van der Waals surface area contributed by atoms with E-state index in [1.54, 1.807) is 0 Å². The van der Waals surface area contributed by atoms with Gasteiger partial charge in [-0.15, -0.1) is 0 Å². The predicted octanol–water partition coefficient (Wildman–Crippen LogP) is 13.6. The van der Waals surface area contributed by atoms with Crippen LogP contribution in [0.15, 0.2) is 0 Å². The number of hydrogen-bond donors (Lipinski definition) is 0. The Balaban J connectivity index is -0.0000000104. The molecule has 3 unspecified atom stereocenters. The Morgan fingerprint density at radius 2 is 0.655 bits per heavy atom. The molecule has 0 nitrogen and oxygen atoms in total. The molecule has 0 saturated carbocycles. The van der Waals surface area contributed by atoms with Crippen LogP contribution in [0.4, 0.5) is 0 Å². The summed E-state index contributed by atoms with van der Waals surface area (Å²) in [6, 6.07) is 0. The molecule has 0 amide bonds. The average Bonchev–Trinajstić information content (AvgIpc) is 2.45. The topological polar surface area (TPSA) is 0 Å². The fourth-order valence-corrected chi connectivity index (χ4v) is 1.30. The highest BCUT2D eigenvalue weighted by molar-refractivity contribution is 7.99. The second-order valence-corrected chi connectivity index (χ2v) is 7.30. The van der Waals surface area contributed by atoms with Gasteiger partial charge < -0.3 is 0 Å². The van der Waals surface area contributed by atoms with E-state index in [1.807, 2.05) is 11.8 Å². The summed E-state index contributed by atoms with van der Waals surface area (Å²) in [5.74, 6) is 2.72. The van der Waals surface area contributed by atoms with Crippen molar-refractivity contribution in [3.63, 3.8) is 0 Å². The quantitative estimate of drug-likeness (QED) is 0.387. The average molecular weight is 451 g/mol. The molecule has 0 N–H and O–H groups in total. The summed E-state index contributed by atoms with van der Waals surface area (Å²) >= 11 is 1.92. The molecular formula is C28H82S. The van der Waals surface area contributed by atoms with Crippen LogP contribution < -0.4 is 0 Å². The maximum Gasteiger partial charge on any atom is 0.00133 e. The van der Waals surface area contributed by atoms with E-state index in [9.17, 15) is 0 Å². The minimum absolute atomic E-state index is 0. The lowest BCUT2D eigenvalue weighted by atomic mass is 9.92. The van der Waals surface area contributed by atoms with Crippen LogP contribution in [0.25, 0.3) is 0 Å². The van der Waals surface area contributed by atoms with Crippen LogP contribution in [0, 0.1) is 17.8 Å². The molecule has 3 atom stereocenters. The molecule has 0 rings (SSSR count). The second kappa shape index (κ2) is 70.4. The molecule has 0 aromatic heterocycles. The van der Waals surface area contributed by atoms with Gasteiger partial charge in [-0.25, -0.2) is 0 Å². The molecule has 0 heterocycles. The van der Waals surface area contributed by atoms with E-state index in [1.165, 1.54) is 25.7 Å². The van der Waals surface area contributed by atoms with Gasteiger partial charge in [0.2, 0.25) is 0 Å². The van der Waals surface area contributed by atoms with Crippen LogP contribution >= 0.6 is 11.8 Å². The Labute approximate surface area is 203 Å². The summed E-state index contributed by atoms with van der Waals surface area (Å²) in [6.45, 7) is 20.3. The summed E-state index contributed by atoms with van der Waals surface area (Å²) in [6.07, 6.45) is 7.40. The fourth-order valence-electron chi connectivity index (χ4n) is 0.971. The maximum absolute atomic E-state index is 2.33. The van der Waals surface area contributed by atoms with E-state index in [4.69, 9.17) is 0 Å². The minimum Gasteiger partial charge on any atom is -0.162 e.